The maximum absolute atomic E-state index is 12.5. The van der Waals surface area contributed by atoms with E-state index in [2.05, 4.69) is 6.07 Å². The molecule has 1 unspecified atom stereocenters. The topological polar surface area (TPSA) is 50.1 Å². The molecule has 0 N–H and O–H groups in total. The first-order valence-corrected chi connectivity index (χ1v) is 7.41. The molecule has 0 aliphatic heterocycles. The molecule has 110 valence electrons. The average Bonchev–Trinajstić information content (AvgIpc) is 3.29. The summed E-state index contributed by atoms with van der Waals surface area (Å²) in [5.41, 5.74) is 0.217. The van der Waals surface area contributed by atoms with Gasteiger partial charge in [-0.25, -0.2) is 0 Å². The third kappa shape index (κ3) is 1.84. The molecule has 0 heterocycles. The Bertz CT molecular complexity index is 679. The maximum atomic E-state index is 12.5. The fourth-order valence-electron chi connectivity index (χ4n) is 3.34. The van der Waals surface area contributed by atoms with Gasteiger partial charge in [0.25, 0.3) is 0 Å². The van der Waals surface area contributed by atoms with Crippen LogP contribution in [0.15, 0.2) is 60.7 Å². The molecule has 0 aromatic heterocycles. The first-order chi connectivity index (χ1) is 10.7. The maximum Gasteiger partial charge on any atom is 0.327 e. The van der Waals surface area contributed by atoms with Crippen LogP contribution in [0.2, 0.25) is 0 Å². The highest BCUT2D eigenvalue weighted by atomic mass is 16.5. The fraction of sp³-hybridized carbons (Fsp3) is 0.263. The van der Waals surface area contributed by atoms with E-state index >= 15 is 0 Å². The molecular weight excluding hydrogens is 274 g/mol. The zero-order chi connectivity index (χ0) is 15.6. The number of rotatable bonds is 4. The highest BCUT2D eigenvalue weighted by molar-refractivity contribution is 5.89. The van der Waals surface area contributed by atoms with Crippen molar-refractivity contribution >= 4 is 5.97 Å². The van der Waals surface area contributed by atoms with Crippen molar-refractivity contribution in [1.29, 1.82) is 5.26 Å². The highest BCUT2D eigenvalue weighted by Gasteiger charge is 2.75. The summed E-state index contributed by atoms with van der Waals surface area (Å²) >= 11 is 0. The minimum atomic E-state index is -1.13. The summed E-state index contributed by atoms with van der Waals surface area (Å²) in [6.07, 6.45) is 0.462. The van der Waals surface area contributed by atoms with E-state index < -0.39 is 16.8 Å². The second-order valence-electron chi connectivity index (χ2n) is 5.55. The van der Waals surface area contributed by atoms with Gasteiger partial charge < -0.3 is 4.74 Å². The van der Waals surface area contributed by atoms with Crippen LogP contribution in [0.4, 0.5) is 0 Å². The number of hydrogen-bond acceptors (Lipinski definition) is 3. The summed E-state index contributed by atoms with van der Waals surface area (Å²) in [5, 5.41) is 9.76. The summed E-state index contributed by atoms with van der Waals surface area (Å²) in [7, 11) is 0. The number of nitrogens with zero attached hydrogens (tertiary/aromatic N) is 1. The number of carbonyl (C=O) groups excluding carboxylic acids is 1. The predicted octanol–water partition coefficient (Wildman–Crippen LogP) is 3.45. The third-order valence-electron chi connectivity index (χ3n) is 4.48. The van der Waals surface area contributed by atoms with Gasteiger partial charge in [0.05, 0.1) is 18.1 Å². The van der Waals surface area contributed by atoms with Crippen LogP contribution >= 0.6 is 0 Å². The van der Waals surface area contributed by atoms with Crippen molar-refractivity contribution in [2.45, 2.75) is 18.8 Å². The van der Waals surface area contributed by atoms with Gasteiger partial charge in [0.2, 0.25) is 0 Å². The Hall–Kier alpha value is -2.60. The Labute approximate surface area is 130 Å². The van der Waals surface area contributed by atoms with Gasteiger partial charge in [-0.2, -0.15) is 5.26 Å². The number of benzene rings is 2. The predicted molar refractivity (Wildman–Crippen MR) is 83.0 cm³/mol. The molecule has 1 atom stereocenters. The Morgan fingerprint density at radius 2 is 1.59 bits per heavy atom. The Balaban J connectivity index is 2.16. The quantitative estimate of drug-likeness (QED) is 0.811. The Morgan fingerprint density at radius 1 is 1.09 bits per heavy atom. The zero-order valence-corrected chi connectivity index (χ0v) is 12.5. The van der Waals surface area contributed by atoms with Gasteiger partial charge in [0.15, 0.2) is 5.41 Å². The molecule has 2 aromatic carbocycles. The van der Waals surface area contributed by atoms with E-state index in [0.29, 0.717) is 6.42 Å². The standard InChI is InChI=1S/C19H17NO2/c1-2-22-17(21)18(14-20)13-19(18,15-9-5-3-6-10-15)16-11-7-4-8-12-16/h3-12H,2,13H2,1H3. The summed E-state index contributed by atoms with van der Waals surface area (Å²) < 4.78 is 5.20. The van der Waals surface area contributed by atoms with Crippen LogP contribution in [-0.2, 0) is 14.9 Å². The van der Waals surface area contributed by atoms with Gasteiger partial charge in [-0.05, 0) is 24.5 Å². The lowest BCUT2D eigenvalue weighted by Crippen LogP contribution is -2.28. The molecule has 1 aliphatic carbocycles. The van der Waals surface area contributed by atoms with Crippen molar-refractivity contribution in [3.63, 3.8) is 0 Å². The van der Waals surface area contributed by atoms with E-state index in [1.54, 1.807) is 6.92 Å². The van der Waals surface area contributed by atoms with E-state index in [1.807, 2.05) is 60.7 Å². The largest absolute Gasteiger partial charge is 0.465 e. The van der Waals surface area contributed by atoms with Gasteiger partial charge in [0.1, 0.15) is 0 Å². The second kappa shape index (κ2) is 5.31. The molecule has 0 spiro atoms. The Morgan fingerprint density at radius 3 is 2.00 bits per heavy atom. The number of hydrogen-bond donors (Lipinski definition) is 0. The van der Waals surface area contributed by atoms with E-state index in [1.165, 1.54) is 0 Å². The van der Waals surface area contributed by atoms with Crippen LogP contribution in [0, 0.1) is 16.7 Å². The van der Waals surface area contributed by atoms with Gasteiger partial charge in [-0.15, -0.1) is 0 Å². The number of nitriles is 1. The van der Waals surface area contributed by atoms with Crippen molar-refractivity contribution in [2.24, 2.45) is 5.41 Å². The SMILES string of the molecule is CCOC(=O)C1(C#N)CC1(c1ccccc1)c1ccccc1. The van der Waals surface area contributed by atoms with Gasteiger partial charge >= 0.3 is 5.97 Å². The molecule has 3 heteroatoms. The number of esters is 1. The molecular formula is C19H17NO2. The summed E-state index contributed by atoms with van der Waals surface area (Å²) in [6, 6.07) is 21.8. The lowest BCUT2D eigenvalue weighted by molar-refractivity contribution is -0.147. The van der Waals surface area contributed by atoms with Crippen LogP contribution in [-0.4, -0.2) is 12.6 Å². The second-order valence-corrected chi connectivity index (χ2v) is 5.55. The monoisotopic (exact) mass is 291 g/mol. The molecule has 3 nitrogen and oxygen atoms in total. The summed E-state index contributed by atoms with van der Waals surface area (Å²) in [6.45, 7) is 2.04. The molecule has 3 rings (SSSR count). The van der Waals surface area contributed by atoms with Crippen molar-refractivity contribution in [3.8, 4) is 6.07 Å². The molecule has 0 amide bonds. The van der Waals surface area contributed by atoms with Crippen LogP contribution in [0.1, 0.15) is 24.5 Å². The van der Waals surface area contributed by atoms with Crippen molar-refractivity contribution < 1.29 is 9.53 Å². The summed E-state index contributed by atoms with van der Waals surface area (Å²) in [5.74, 6) is -0.426. The third-order valence-corrected chi connectivity index (χ3v) is 4.48. The molecule has 0 radical (unpaired) electrons. The molecule has 0 bridgehead atoms. The van der Waals surface area contributed by atoms with Gasteiger partial charge in [-0.3, -0.25) is 4.79 Å². The van der Waals surface area contributed by atoms with Crippen LogP contribution < -0.4 is 0 Å². The normalized spacial score (nSPS) is 21.6. The fourth-order valence-corrected chi connectivity index (χ4v) is 3.34. The molecule has 22 heavy (non-hydrogen) atoms. The van der Waals surface area contributed by atoms with Gasteiger partial charge in [0, 0.05) is 0 Å². The minimum Gasteiger partial charge on any atom is -0.465 e. The first kappa shape index (κ1) is 14.3. The first-order valence-electron chi connectivity index (χ1n) is 7.41. The number of carbonyl (C=O) groups is 1. The van der Waals surface area contributed by atoms with Gasteiger partial charge in [-0.1, -0.05) is 60.7 Å². The molecule has 0 saturated heterocycles. The van der Waals surface area contributed by atoms with Crippen LogP contribution in [0.5, 0.6) is 0 Å². The number of ether oxygens (including phenoxy) is 1. The zero-order valence-electron chi connectivity index (χ0n) is 12.5. The molecule has 2 aromatic rings. The van der Waals surface area contributed by atoms with E-state index in [4.69, 9.17) is 4.74 Å². The molecule has 1 fully saturated rings. The Kier molecular flexibility index (Phi) is 3.46. The van der Waals surface area contributed by atoms with Crippen molar-refractivity contribution in [3.05, 3.63) is 71.8 Å². The summed E-state index contributed by atoms with van der Waals surface area (Å²) in [4.78, 5) is 12.5. The highest BCUT2D eigenvalue weighted by Crippen LogP contribution is 2.68. The average molecular weight is 291 g/mol. The van der Waals surface area contributed by atoms with E-state index in [0.717, 1.165) is 11.1 Å². The lowest BCUT2D eigenvalue weighted by Gasteiger charge is -2.21. The lowest BCUT2D eigenvalue weighted by atomic mass is 9.80. The van der Waals surface area contributed by atoms with E-state index in [-0.39, 0.29) is 6.61 Å². The van der Waals surface area contributed by atoms with Crippen molar-refractivity contribution in [1.82, 2.24) is 0 Å². The molecule has 1 saturated carbocycles. The van der Waals surface area contributed by atoms with Crippen LogP contribution in [0.25, 0.3) is 0 Å². The minimum absolute atomic E-state index is 0.280. The van der Waals surface area contributed by atoms with E-state index in [9.17, 15) is 10.1 Å². The smallest absolute Gasteiger partial charge is 0.327 e. The van der Waals surface area contributed by atoms with Crippen molar-refractivity contribution in [2.75, 3.05) is 6.61 Å². The molecule has 1 aliphatic rings. The van der Waals surface area contributed by atoms with Crippen LogP contribution in [0.3, 0.4) is 0 Å².